The Labute approximate surface area is 188 Å². The Balaban J connectivity index is 1.23. The van der Waals surface area contributed by atoms with Gasteiger partial charge in [0.1, 0.15) is 18.4 Å². The first-order valence-corrected chi connectivity index (χ1v) is 11.3. The molecule has 0 spiro atoms. The number of aromatic nitrogens is 4. The van der Waals surface area contributed by atoms with E-state index in [1.54, 1.807) is 19.8 Å². The summed E-state index contributed by atoms with van der Waals surface area (Å²) < 4.78 is 7.24. The molecule has 164 valence electrons. The van der Waals surface area contributed by atoms with Crippen molar-refractivity contribution in [3.8, 4) is 11.4 Å². The summed E-state index contributed by atoms with van der Waals surface area (Å²) >= 11 is 0. The third-order valence-electron chi connectivity index (χ3n) is 6.37. The van der Waals surface area contributed by atoms with Crippen molar-refractivity contribution < 1.29 is 4.74 Å². The van der Waals surface area contributed by atoms with Gasteiger partial charge in [-0.25, -0.2) is 0 Å². The minimum atomic E-state index is 0.459. The SMILES string of the molecule is COc1ccc(CC2C=CCCN2CCCc2c[nH]c3ccc(-n4cnnc4)cc23)cc1. The Morgan fingerprint density at radius 1 is 1.09 bits per heavy atom. The van der Waals surface area contributed by atoms with E-state index in [0.29, 0.717) is 6.04 Å². The molecule has 0 bridgehead atoms. The molecular formula is C26H29N5O. The second kappa shape index (κ2) is 9.40. The van der Waals surface area contributed by atoms with E-state index >= 15 is 0 Å². The predicted molar refractivity (Wildman–Crippen MR) is 127 cm³/mol. The fourth-order valence-electron chi connectivity index (χ4n) is 4.60. The van der Waals surface area contributed by atoms with Gasteiger partial charge in [-0.2, -0.15) is 0 Å². The first kappa shape index (κ1) is 20.5. The lowest BCUT2D eigenvalue weighted by atomic mass is 10.00. The van der Waals surface area contributed by atoms with Gasteiger partial charge in [0.25, 0.3) is 0 Å². The molecule has 1 atom stereocenters. The minimum Gasteiger partial charge on any atom is -0.497 e. The molecule has 3 heterocycles. The number of methoxy groups -OCH3 is 1. The quantitative estimate of drug-likeness (QED) is 0.419. The van der Waals surface area contributed by atoms with Gasteiger partial charge < -0.3 is 9.72 Å². The van der Waals surface area contributed by atoms with E-state index < -0.39 is 0 Å². The number of ether oxygens (including phenoxy) is 1. The second-order valence-electron chi connectivity index (χ2n) is 8.39. The lowest BCUT2D eigenvalue weighted by Gasteiger charge is -2.32. The van der Waals surface area contributed by atoms with E-state index in [1.807, 2.05) is 4.57 Å². The highest BCUT2D eigenvalue weighted by molar-refractivity contribution is 5.85. The maximum Gasteiger partial charge on any atom is 0.123 e. The number of H-pyrrole nitrogens is 1. The largest absolute Gasteiger partial charge is 0.497 e. The van der Waals surface area contributed by atoms with Crippen LogP contribution in [0.1, 0.15) is 24.0 Å². The van der Waals surface area contributed by atoms with Crippen LogP contribution in [-0.2, 0) is 12.8 Å². The zero-order valence-corrected chi connectivity index (χ0v) is 18.4. The first-order valence-electron chi connectivity index (χ1n) is 11.3. The molecule has 6 nitrogen and oxygen atoms in total. The second-order valence-corrected chi connectivity index (χ2v) is 8.39. The van der Waals surface area contributed by atoms with Crippen LogP contribution in [0.25, 0.3) is 16.6 Å². The minimum absolute atomic E-state index is 0.459. The molecule has 1 aliphatic heterocycles. The van der Waals surface area contributed by atoms with E-state index in [1.165, 1.54) is 22.0 Å². The Morgan fingerprint density at radius 2 is 1.94 bits per heavy atom. The van der Waals surface area contributed by atoms with Gasteiger partial charge in [-0.1, -0.05) is 24.3 Å². The molecule has 1 unspecified atom stereocenters. The van der Waals surface area contributed by atoms with Crippen molar-refractivity contribution in [1.82, 2.24) is 24.6 Å². The molecule has 2 aromatic carbocycles. The Kier molecular flexibility index (Phi) is 6.03. The average Bonchev–Trinajstić information content (AvgIpc) is 3.51. The fourth-order valence-corrected chi connectivity index (χ4v) is 4.60. The van der Waals surface area contributed by atoms with Crippen LogP contribution in [0, 0.1) is 0 Å². The van der Waals surface area contributed by atoms with Crippen LogP contribution in [0.2, 0.25) is 0 Å². The van der Waals surface area contributed by atoms with E-state index in [9.17, 15) is 0 Å². The van der Waals surface area contributed by atoms with Gasteiger partial charge in [-0.05, 0) is 73.7 Å². The van der Waals surface area contributed by atoms with Crippen LogP contribution in [0.4, 0.5) is 0 Å². The van der Waals surface area contributed by atoms with Gasteiger partial charge in [-0.15, -0.1) is 10.2 Å². The van der Waals surface area contributed by atoms with Crippen LogP contribution in [-0.4, -0.2) is 50.9 Å². The molecule has 1 N–H and O–H groups in total. The summed E-state index contributed by atoms with van der Waals surface area (Å²) in [6.45, 7) is 2.23. The smallest absolute Gasteiger partial charge is 0.123 e. The molecule has 5 rings (SSSR count). The highest BCUT2D eigenvalue weighted by Gasteiger charge is 2.19. The molecule has 0 saturated carbocycles. The monoisotopic (exact) mass is 427 g/mol. The molecule has 32 heavy (non-hydrogen) atoms. The van der Waals surface area contributed by atoms with Crippen LogP contribution < -0.4 is 4.74 Å². The van der Waals surface area contributed by atoms with Crippen molar-refractivity contribution in [3.63, 3.8) is 0 Å². The van der Waals surface area contributed by atoms with Crippen molar-refractivity contribution in [2.24, 2.45) is 0 Å². The van der Waals surface area contributed by atoms with Gasteiger partial charge in [0.15, 0.2) is 0 Å². The normalized spacial score (nSPS) is 16.6. The van der Waals surface area contributed by atoms with Crippen molar-refractivity contribution in [3.05, 3.63) is 84.6 Å². The molecule has 0 aliphatic carbocycles. The highest BCUT2D eigenvalue weighted by Crippen LogP contribution is 2.24. The molecule has 0 radical (unpaired) electrons. The van der Waals surface area contributed by atoms with Crippen molar-refractivity contribution >= 4 is 10.9 Å². The number of benzene rings is 2. The highest BCUT2D eigenvalue weighted by atomic mass is 16.5. The number of fused-ring (bicyclic) bond motifs is 1. The molecule has 0 fully saturated rings. The van der Waals surface area contributed by atoms with E-state index in [4.69, 9.17) is 4.74 Å². The summed E-state index contributed by atoms with van der Waals surface area (Å²) in [5, 5.41) is 9.13. The maximum absolute atomic E-state index is 5.29. The topological polar surface area (TPSA) is 59.0 Å². The number of hydrogen-bond acceptors (Lipinski definition) is 4. The van der Waals surface area contributed by atoms with Crippen molar-refractivity contribution in [2.75, 3.05) is 20.2 Å². The number of hydrogen-bond donors (Lipinski definition) is 1. The van der Waals surface area contributed by atoms with E-state index in [0.717, 1.165) is 50.2 Å². The first-order chi connectivity index (χ1) is 15.8. The summed E-state index contributed by atoms with van der Waals surface area (Å²) in [7, 11) is 1.71. The van der Waals surface area contributed by atoms with Crippen molar-refractivity contribution in [2.45, 2.75) is 31.7 Å². The molecular weight excluding hydrogens is 398 g/mol. The number of aryl methyl sites for hydroxylation is 1. The number of nitrogens with one attached hydrogen (secondary N) is 1. The maximum atomic E-state index is 5.29. The number of nitrogens with zero attached hydrogens (tertiary/aromatic N) is 4. The van der Waals surface area contributed by atoms with Gasteiger partial charge in [0.2, 0.25) is 0 Å². The third kappa shape index (κ3) is 4.46. The Hall–Kier alpha value is -3.38. The van der Waals surface area contributed by atoms with Crippen molar-refractivity contribution in [1.29, 1.82) is 0 Å². The van der Waals surface area contributed by atoms with Crippen LogP contribution in [0.15, 0.2) is 73.5 Å². The lowest BCUT2D eigenvalue weighted by Crippen LogP contribution is -2.39. The van der Waals surface area contributed by atoms with Gasteiger partial charge in [-0.3, -0.25) is 9.47 Å². The Bertz CT molecular complexity index is 1180. The molecule has 1 aliphatic rings. The Morgan fingerprint density at radius 3 is 2.75 bits per heavy atom. The van der Waals surface area contributed by atoms with Gasteiger partial charge >= 0.3 is 0 Å². The molecule has 2 aromatic heterocycles. The fraction of sp³-hybridized carbons (Fsp3) is 0.308. The lowest BCUT2D eigenvalue weighted by molar-refractivity contribution is 0.219. The molecule has 0 saturated heterocycles. The zero-order valence-electron chi connectivity index (χ0n) is 18.4. The van der Waals surface area contributed by atoms with Crippen LogP contribution in [0.5, 0.6) is 5.75 Å². The predicted octanol–water partition coefficient (Wildman–Crippen LogP) is 4.56. The third-order valence-corrected chi connectivity index (χ3v) is 6.37. The summed E-state index contributed by atoms with van der Waals surface area (Å²) in [5.41, 5.74) is 4.99. The number of aromatic amines is 1. The number of rotatable bonds is 8. The molecule has 4 aromatic rings. The summed E-state index contributed by atoms with van der Waals surface area (Å²) in [4.78, 5) is 6.05. The average molecular weight is 428 g/mol. The van der Waals surface area contributed by atoms with Gasteiger partial charge in [0.05, 0.1) is 7.11 Å². The van der Waals surface area contributed by atoms with Gasteiger partial charge in [0, 0.05) is 35.4 Å². The molecule has 6 heteroatoms. The summed E-state index contributed by atoms with van der Waals surface area (Å²) in [5.74, 6) is 0.913. The summed E-state index contributed by atoms with van der Waals surface area (Å²) in [6, 6.07) is 15.4. The standard InChI is InChI=1S/C26H29N5O/c1-32-24-10-7-20(8-11-24)15-22-6-2-3-13-30(22)14-4-5-21-17-27-26-12-9-23(16-25(21)26)31-18-28-29-19-31/h2,6-12,16-19,22,27H,3-5,13-15H2,1H3. The van der Waals surface area contributed by atoms with Crippen LogP contribution >= 0.6 is 0 Å². The molecule has 0 amide bonds. The summed E-state index contributed by atoms with van der Waals surface area (Å²) in [6.07, 6.45) is 14.7. The van der Waals surface area contributed by atoms with E-state index in [-0.39, 0.29) is 0 Å². The van der Waals surface area contributed by atoms with E-state index in [2.05, 4.69) is 80.9 Å². The van der Waals surface area contributed by atoms with Crippen LogP contribution in [0.3, 0.4) is 0 Å². The zero-order chi connectivity index (χ0) is 21.8.